The van der Waals surface area contributed by atoms with Gasteiger partial charge in [-0.15, -0.1) is 5.10 Å². The molecule has 1 aromatic heterocycles. The van der Waals surface area contributed by atoms with Gasteiger partial charge in [0.25, 0.3) is 0 Å². The summed E-state index contributed by atoms with van der Waals surface area (Å²) in [7, 11) is 1.60. The minimum Gasteiger partial charge on any atom is -0.497 e. The van der Waals surface area contributed by atoms with Crippen molar-refractivity contribution in [3.63, 3.8) is 0 Å². The summed E-state index contributed by atoms with van der Waals surface area (Å²) in [4.78, 5) is 12.1. The molecule has 0 aliphatic heterocycles. The minimum absolute atomic E-state index is 0.0894. The summed E-state index contributed by atoms with van der Waals surface area (Å²) < 4.78 is 6.70. The van der Waals surface area contributed by atoms with E-state index < -0.39 is 0 Å². The molecule has 23 heavy (non-hydrogen) atoms. The Kier molecular flexibility index (Phi) is 4.28. The number of benzene rings is 2. The Hall–Kier alpha value is -3.22. The molecule has 0 fully saturated rings. The smallest absolute Gasteiger partial charge is 0.228 e. The molecule has 116 valence electrons. The van der Waals surface area contributed by atoms with Gasteiger partial charge in [-0.2, -0.15) is 0 Å². The first-order chi connectivity index (χ1) is 11.2. The zero-order chi connectivity index (χ0) is 16.1. The summed E-state index contributed by atoms with van der Waals surface area (Å²) in [5.74, 6) is 0.648. The molecule has 2 aromatic carbocycles. The number of ether oxygens (including phenoxy) is 1. The minimum atomic E-state index is -0.0894. The van der Waals surface area contributed by atoms with Gasteiger partial charge in [0.15, 0.2) is 0 Å². The van der Waals surface area contributed by atoms with Crippen molar-refractivity contribution in [2.75, 3.05) is 12.4 Å². The lowest BCUT2D eigenvalue weighted by Gasteiger charge is -2.07. The molecular weight excluding hydrogens is 294 g/mol. The van der Waals surface area contributed by atoms with Crippen LogP contribution in [0.2, 0.25) is 0 Å². The van der Waals surface area contributed by atoms with E-state index in [0.717, 1.165) is 22.7 Å². The van der Waals surface area contributed by atoms with Crippen molar-refractivity contribution in [3.8, 4) is 11.4 Å². The topological polar surface area (TPSA) is 81.9 Å². The van der Waals surface area contributed by atoms with Crippen LogP contribution in [0.4, 0.5) is 5.69 Å². The summed E-state index contributed by atoms with van der Waals surface area (Å²) in [6, 6.07) is 14.7. The van der Waals surface area contributed by atoms with Crippen LogP contribution in [0.3, 0.4) is 0 Å². The van der Waals surface area contributed by atoms with Crippen molar-refractivity contribution < 1.29 is 9.53 Å². The molecule has 0 saturated carbocycles. The van der Waals surface area contributed by atoms with E-state index in [-0.39, 0.29) is 12.3 Å². The molecule has 0 saturated heterocycles. The lowest BCUT2D eigenvalue weighted by Crippen LogP contribution is -2.14. The average molecular weight is 309 g/mol. The highest BCUT2D eigenvalue weighted by molar-refractivity contribution is 5.92. The first kappa shape index (κ1) is 14.7. The Morgan fingerprint density at radius 1 is 1.22 bits per heavy atom. The Balaban J connectivity index is 1.63. The molecule has 0 bridgehead atoms. The van der Waals surface area contributed by atoms with Crippen molar-refractivity contribution in [3.05, 3.63) is 60.4 Å². The van der Waals surface area contributed by atoms with Crippen molar-refractivity contribution in [2.24, 2.45) is 0 Å². The zero-order valence-electron chi connectivity index (χ0n) is 12.5. The lowest BCUT2D eigenvalue weighted by atomic mass is 10.1. The van der Waals surface area contributed by atoms with Gasteiger partial charge in [-0.1, -0.05) is 12.1 Å². The standard InChI is InChI=1S/C16H15N5O2/c1-23-15-4-2-3-12(9-15)10-16(22)18-13-5-7-14(8-6-13)21-11-17-19-20-21/h2-9,11H,10H2,1H3,(H,18,22). The van der Waals surface area contributed by atoms with E-state index in [1.54, 1.807) is 23.9 Å². The maximum absolute atomic E-state index is 12.1. The van der Waals surface area contributed by atoms with Crippen LogP contribution in [0, 0.1) is 0 Å². The molecule has 3 aromatic rings. The highest BCUT2D eigenvalue weighted by Gasteiger charge is 2.06. The number of carbonyl (C=O) groups is 1. The van der Waals surface area contributed by atoms with Crippen LogP contribution in [0.25, 0.3) is 5.69 Å². The van der Waals surface area contributed by atoms with Crippen LogP contribution in [0.5, 0.6) is 5.75 Å². The highest BCUT2D eigenvalue weighted by atomic mass is 16.5. The Morgan fingerprint density at radius 3 is 2.74 bits per heavy atom. The van der Waals surface area contributed by atoms with Crippen molar-refractivity contribution >= 4 is 11.6 Å². The van der Waals surface area contributed by atoms with Gasteiger partial charge in [-0.3, -0.25) is 4.79 Å². The molecule has 7 heteroatoms. The Bertz CT molecular complexity index is 784. The second-order valence-corrected chi connectivity index (χ2v) is 4.88. The fraction of sp³-hybridized carbons (Fsp3) is 0.125. The molecule has 1 amide bonds. The largest absolute Gasteiger partial charge is 0.497 e. The summed E-state index contributed by atoms with van der Waals surface area (Å²) in [6.45, 7) is 0. The number of methoxy groups -OCH3 is 1. The number of amides is 1. The number of anilines is 1. The van der Waals surface area contributed by atoms with Gasteiger partial charge in [-0.05, 0) is 52.4 Å². The third-order valence-corrected chi connectivity index (χ3v) is 3.26. The van der Waals surface area contributed by atoms with E-state index in [1.165, 1.54) is 6.33 Å². The maximum atomic E-state index is 12.1. The van der Waals surface area contributed by atoms with Crippen LogP contribution in [0.1, 0.15) is 5.56 Å². The van der Waals surface area contributed by atoms with E-state index in [1.807, 2.05) is 36.4 Å². The maximum Gasteiger partial charge on any atom is 0.228 e. The molecule has 0 unspecified atom stereocenters. The lowest BCUT2D eigenvalue weighted by molar-refractivity contribution is -0.115. The average Bonchev–Trinajstić information content (AvgIpc) is 3.10. The first-order valence-electron chi connectivity index (χ1n) is 7.01. The molecule has 7 nitrogen and oxygen atoms in total. The van der Waals surface area contributed by atoms with Gasteiger partial charge >= 0.3 is 0 Å². The third-order valence-electron chi connectivity index (χ3n) is 3.26. The number of hydrogen-bond acceptors (Lipinski definition) is 5. The van der Waals surface area contributed by atoms with Gasteiger partial charge in [0.1, 0.15) is 12.1 Å². The molecule has 1 heterocycles. The molecule has 0 aliphatic rings. The summed E-state index contributed by atoms with van der Waals surface area (Å²) >= 11 is 0. The van der Waals surface area contributed by atoms with Gasteiger partial charge in [0.2, 0.25) is 5.91 Å². The Labute approximate surface area is 132 Å². The monoisotopic (exact) mass is 309 g/mol. The van der Waals surface area contributed by atoms with E-state index in [4.69, 9.17) is 4.74 Å². The number of aromatic nitrogens is 4. The number of rotatable bonds is 5. The summed E-state index contributed by atoms with van der Waals surface area (Å²) in [5, 5.41) is 13.8. The third kappa shape index (κ3) is 3.70. The second kappa shape index (κ2) is 6.69. The van der Waals surface area contributed by atoms with E-state index in [2.05, 4.69) is 20.8 Å². The predicted octanol–water partition coefficient (Wildman–Crippen LogP) is 1.85. The van der Waals surface area contributed by atoms with Crippen LogP contribution < -0.4 is 10.1 Å². The highest BCUT2D eigenvalue weighted by Crippen LogP contribution is 2.15. The van der Waals surface area contributed by atoms with Gasteiger partial charge in [0, 0.05) is 5.69 Å². The van der Waals surface area contributed by atoms with E-state index in [0.29, 0.717) is 0 Å². The van der Waals surface area contributed by atoms with E-state index >= 15 is 0 Å². The van der Waals surface area contributed by atoms with Gasteiger partial charge < -0.3 is 10.1 Å². The number of nitrogens with one attached hydrogen (secondary N) is 1. The normalized spacial score (nSPS) is 10.3. The zero-order valence-corrected chi connectivity index (χ0v) is 12.5. The molecular formula is C16H15N5O2. The van der Waals surface area contributed by atoms with Gasteiger partial charge in [0.05, 0.1) is 19.2 Å². The molecule has 3 rings (SSSR count). The van der Waals surface area contributed by atoms with Crippen LogP contribution in [-0.2, 0) is 11.2 Å². The van der Waals surface area contributed by atoms with Crippen LogP contribution in [0.15, 0.2) is 54.9 Å². The van der Waals surface area contributed by atoms with Crippen molar-refractivity contribution in [1.82, 2.24) is 20.2 Å². The fourth-order valence-corrected chi connectivity index (χ4v) is 2.15. The molecule has 0 spiro atoms. The molecule has 0 atom stereocenters. The summed E-state index contributed by atoms with van der Waals surface area (Å²) in [5.41, 5.74) is 2.43. The first-order valence-corrected chi connectivity index (χ1v) is 7.01. The number of carbonyl (C=O) groups excluding carboxylic acids is 1. The number of hydrogen-bond donors (Lipinski definition) is 1. The number of tetrazole rings is 1. The van der Waals surface area contributed by atoms with Crippen LogP contribution >= 0.6 is 0 Å². The molecule has 0 aliphatic carbocycles. The summed E-state index contributed by atoms with van der Waals surface area (Å²) in [6.07, 6.45) is 1.79. The van der Waals surface area contributed by atoms with Gasteiger partial charge in [-0.25, -0.2) is 4.68 Å². The number of nitrogens with zero attached hydrogens (tertiary/aromatic N) is 4. The van der Waals surface area contributed by atoms with Crippen molar-refractivity contribution in [1.29, 1.82) is 0 Å². The quantitative estimate of drug-likeness (QED) is 0.778. The fourth-order valence-electron chi connectivity index (χ4n) is 2.15. The molecule has 0 radical (unpaired) electrons. The van der Waals surface area contributed by atoms with Crippen LogP contribution in [-0.4, -0.2) is 33.2 Å². The van der Waals surface area contributed by atoms with Crippen molar-refractivity contribution in [2.45, 2.75) is 6.42 Å². The molecule has 1 N–H and O–H groups in total. The second-order valence-electron chi connectivity index (χ2n) is 4.88. The SMILES string of the molecule is COc1cccc(CC(=O)Nc2ccc(-n3cnnn3)cc2)c1. The Morgan fingerprint density at radius 2 is 2.04 bits per heavy atom. The predicted molar refractivity (Wildman–Crippen MR) is 84.5 cm³/mol. The van der Waals surface area contributed by atoms with E-state index in [9.17, 15) is 4.79 Å².